The molecule has 1 atom stereocenters. The van der Waals surface area contributed by atoms with Crippen molar-refractivity contribution in [2.24, 2.45) is 0 Å². The first-order valence-electron chi connectivity index (χ1n) is 6.10. The molecule has 0 spiro atoms. The maximum atomic E-state index is 12.4. The van der Waals surface area contributed by atoms with E-state index in [1.165, 1.54) is 42.2 Å². The average Bonchev–Trinajstić information content (AvgIpc) is 2.74. The summed E-state index contributed by atoms with van der Waals surface area (Å²) in [6.07, 6.45) is 1.93. The van der Waals surface area contributed by atoms with Crippen molar-refractivity contribution in [2.45, 2.75) is 24.1 Å². The highest BCUT2D eigenvalue weighted by molar-refractivity contribution is 9.11. The molecule has 1 rings (SSSR count). The third kappa shape index (κ3) is 4.00. The molecule has 0 radical (unpaired) electrons. The Morgan fingerprint density at radius 1 is 1.43 bits per heavy atom. The van der Waals surface area contributed by atoms with Crippen molar-refractivity contribution >= 4 is 56.6 Å². The van der Waals surface area contributed by atoms with Gasteiger partial charge in [-0.2, -0.15) is 0 Å². The number of halogens is 1. The van der Waals surface area contributed by atoms with E-state index < -0.39 is 12.0 Å². The van der Waals surface area contributed by atoms with Crippen LogP contribution in [0.2, 0.25) is 0 Å². The van der Waals surface area contributed by atoms with Crippen molar-refractivity contribution in [1.82, 2.24) is 0 Å². The minimum Gasteiger partial charge on any atom is -0.467 e. The molecule has 118 valence electrons. The van der Waals surface area contributed by atoms with Crippen LogP contribution in [0.4, 0.5) is 5.69 Å². The van der Waals surface area contributed by atoms with E-state index in [9.17, 15) is 9.59 Å². The van der Waals surface area contributed by atoms with Gasteiger partial charge in [-0.3, -0.25) is 9.69 Å². The van der Waals surface area contributed by atoms with Crippen LogP contribution in [0.1, 0.15) is 12.5 Å². The molecule has 0 saturated heterocycles. The van der Waals surface area contributed by atoms with E-state index in [0.717, 1.165) is 19.2 Å². The second-order valence-electron chi connectivity index (χ2n) is 4.24. The summed E-state index contributed by atoms with van der Waals surface area (Å²) < 4.78 is 11.6. The Kier molecular flexibility index (Phi) is 7.19. The van der Waals surface area contributed by atoms with Crippen molar-refractivity contribution in [3.63, 3.8) is 0 Å². The van der Waals surface area contributed by atoms with Crippen molar-refractivity contribution in [2.75, 3.05) is 32.0 Å². The highest BCUT2D eigenvalue weighted by atomic mass is 79.9. The number of esters is 1. The summed E-state index contributed by atoms with van der Waals surface area (Å²) in [4.78, 5) is 25.7. The predicted molar refractivity (Wildman–Crippen MR) is 89.4 cm³/mol. The monoisotopic (exact) mass is 395 g/mol. The topological polar surface area (TPSA) is 55.8 Å². The lowest BCUT2D eigenvalue weighted by atomic mass is 10.2. The van der Waals surface area contributed by atoms with E-state index in [0.29, 0.717) is 0 Å². The largest absolute Gasteiger partial charge is 0.467 e. The van der Waals surface area contributed by atoms with Gasteiger partial charge < -0.3 is 9.47 Å². The Balaban J connectivity index is 3.36. The zero-order valence-electron chi connectivity index (χ0n) is 12.6. The molecule has 1 aromatic rings. The quantitative estimate of drug-likeness (QED) is 0.547. The molecule has 8 heteroatoms. The highest BCUT2D eigenvalue weighted by Gasteiger charge is 2.32. The van der Waals surface area contributed by atoms with Gasteiger partial charge in [-0.15, -0.1) is 23.1 Å². The number of hydrogen-bond donors (Lipinski definition) is 0. The second kappa shape index (κ2) is 8.17. The molecule has 0 bridgehead atoms. The summed E-state index contributed by atoms with van der Waals surface area (Å²) in [5.41, 5.74) is 1.66. The standard InChI is InChI=1S/C13H18BrNO4S2/c1-7-10(13(20-5)21-11(7)14)15(9(16)6-18-3)8(2)12(17)19-4/h8H,6H2,1-5H3/t8-/m0/s1. The molecule has 1 aromatic heterocycles. The van der Waals surface area contributed by atoms with Gasteiger partial charge >= 0.3 is 5.97 Å². The Bertz CT molecular complexity index is 532. The molecule has 0 aromatic carbocycles. The molecule has 5 nitrogen and oxygen atoms in total. The average molecular weight is 396 g/mol. The number of thioether (sulfide) groups is 1. The van der Waals surface area contributed by atoms with E-state index in [-0.39, 0.29) is 12.5 Å². The highest BCUT2D eigenvalue weighted by Crippen LogP contribution is 2.44. The summed E-state index contributed by atoms with van der Waals surface area (Å²) in [6, 6.07) is -0.719. The first-order valence-corrected chi connectivity index (χ1v) is 8.94. The van der Waals surface area contributed by atoms with Gasteiger partial charge in [-0.05, 0) is 41.6 Å². The van der Waals surface area contributed by atoms with Gasteiger partial charge in [0.05, 0.1) is 20.8 Å². The lowest BCUT2D eigenvalue weighted by Gasteiger charge is -2.28. The van der Waals surface area contributed by atoms with Crippen LogP contribution in [0.15, 0.2) is 8.00 Å². The minimum atomic E-state index is -0.719. The van der Waals surface area contributed by atoms with Gasteiger partial charge in [0.2, 0.25) is 0 Å². The predicted octanol–water partition coefficient (Wildman–Crippen LogP) is 3.08. The maximum absolute atomic E-state index is 12.4. The minimum absolute atomic E-state index is 0.0952. The lowest BCUT2D eigenvalue weighted by Crippen LogP contribution is -2.46. The maximum Gasteiger partial charge on any atom is 0.328 e. The molecule has 0 aliphatic carbocycles. The fourth-order valence-corrected chi connectivity index (χ4v) is 4.66. The van der Waals surface area contributed by atoms with Crippen LogP contribution in [0.5, 0.6) is 0 Å². The van der Waals surface area contributed by atoms with Crippen LogP contribution in [0.3, 0.4) is 0 Å². The smallest absolute Gasteiger partial charge is 0.328 e. The van der Waals surface area contributed by atoms with Crippen molar-refractivity contribution in [3.05, 3.63) is 9.35 Å². The van der Waals surface area contributed by atoms with Crippen molar-refractivity contribution < 1.29 is 19.1 Å². The van der Waals surface area contributed by atoms with Gasteiger partial charge in [-0.1, -0.05) is 0 Å². The number of methoxy groups -OCH3 is 2. The molecule has 0 saturated carbocycles. The number of rotatable bonds is 6. The molecule has 1 amide bonds. The fraction of sp³-hybridized carbons (Fsp3) is 0.538. The van der Waals surface area contributed by atoms with Crippen LogP contribution in [-0.2, 0) is 19.1 Å². The molecular formula is C13H18BrNO4S2. The molecular weight excluding hydrogens is 378 g/mol. The van der Waals surface area contributed by atoms with Crippen LogP contribution in [-0.4, -0.2) is 45.0 Å². The summed E-state index contributed by atoms with van der Waals surface area (Å²) in [6.45, 7) is 3.46. The van der Waals surface area contributed by atoms with Crippen LogP contribution in [0, 0.1) is 6.92 Å². The molecule has 0 unspecified atom stereocenters. The van der Waals surface area contributed by atoms with Gasteiger partial charge in [0.25, 0.3) is 5.91 Å². The van der Waals surface area contributed by atoms with E-state index in [2.05, 4.69) is 15.9 Å². The van der Waals surface area contributed by atoms with Crippen LogP contribution >= 0.6 is 39.0 Å². The molecule has 0 N–H and O–H groups in total. The number of amides is 1. The van der Waals surface area contributed by atoms with Gasteiger partial charge in [-0.25, -0.2) is 4.79 Å². The Labute approximate surface area is 141 Å². The number of nitrogens with zero attached hydrogens (tertiary/aromatic N) is 1. The van der Waals surface area contributed by atoms with E-state index in [1.807, 2.05) is 13.2 Å². The number of carbonyl (C=O) groups excluding carboxylic acids is 2. The SMILES string of the molecule is COCC(=O)N(c1c(SC)sc(Br)c1C)[C@@H](C)C(=O)OC. The summed E-state index contributed by atoms with van der Waals surface area (Å²) in [5, 5.41) is 0. The number of ether oxygens (including phenoxy) is 2. The first-order chi connectivity index (χ1) is 9.88. The van der Waals surface area contributed by atoms with Crippen molar-refractivity contribution in [1.29, 1.82) is 0 Å². The van der Waals surface area contributed by atoms with Crippen molar-refractivity contribution in [3.8, 4) is 0 Å². The van der Waals surface area contributed by atoms with E-state index >= 15 is 0 Å². The zero-order valence-corrected chi connectivity index (χ0v) is 15.8. The Morgan fingerprint density at radius 3 is 2.52 bits per heavy atom. The zero-order chi connectivity index (χ0) is 16.2. The van der Waals surface area contributed by atoms with Crippen LogP contribution < -0.4 is 4.90 Å². The van der Waals surface area contributed by atoms with Gasteiger partial charge in [0, 0.05) is 7.11 Å². The van der Waals surface area contributed by atoms with E-state index in [4.69, 9.17) is 9.47 Å². The lowest BCUT2D eigenvalue weighted by molar-refractivity contribution is -0.143. The Hall–Kier alpha value is -0.570. The second-order valence-corrected chi connectivity index (χ2v) is 7.65. The molecule has 1 heterocycles. The molecule has 0 fully saturated rings. The van der Waals surface area contributed by atoms with Gasteiger partial charge in [0.1, 0.15) is 12.6 Å². The fourth-order valence-electron chi connectivity index (χ4n) is 1.87. The first kappa shape index (κ1) is 18.5. The third-order valence-electron chi connectivity index (χ3n) is 2.92. The van der Waals surface area contributed by atoms with Gasteiger partial charge in [0.15, 0.2) is 0 Å². The molecule has 0 aliphatic heterocycles. The summed E-state index contributed by atoms with van der Waals surface area (Å²) in [5.74, 6) is -0.743. The number of carbonyl (C=O) groups is 2. The third-order valence-corrected chi connectivity index (χ3v) is 6.18. The molecule has 21 heavy (non-hydrogen) atoms. The van der Waals surface area contributed by atoms with E-state index in [1.54, 1.807) is 6.92 Å². The summed E-state index contributed by atoms with van der Waals surface area (Å²) >= 11 is 6.55. The number of anilines is 1. The number of hydrogen-bond acceptors (Lipinski definition) is 6. The molecule has 0 aliphatic rings. The normalized spacial score (nSPS) is 12.1. The Morgan fingerprint density at radius 2 is 2.05 bits per heavy atom. The number of thiophene rings is 1. The van der Waals surface area contributed by atoms with Crippen LogP contribution in [0.25, 0.3) is 0 Å². The summed E-state index contributed by atoms with van der Waals surface area (Å²) in [7, 11) is 2.76.